The monoisotopic (exact) mass is 515 g/mol. The van der Waals surface area contributed by atoms with Crippen LogP contribution >= 0.6 is 22.7 Å². The average Bonchev–Trinajstić information content (AvgIpc) is 3.61. The first-order valence-electron chi connectivity index (χ1n) is 12.8. The van der Waals surface area contributed by atoms with Gasteiger partial charge in [-0.15, -0.1) is 27.8 Å². The zero-order valence-corrected chi connectivity index (χ0v) is 21.7. The van der Waals surface area contributed by atoms with Crippen LogP contribution in [-0.2, 0) is 6.54 Å². The molecule has 36 heavy (non-hydrogen) atoms. The number of benzene rings is 1. The minimum absolute atomic E-state index is 0.165. The molecule has 3 heterocycles. The molecule has 0 saturated heterocycles. The Morgan fingerprint density at radius 3 is 2.56 bits per heavy atom. The standard InChI is InChI=1S/C28H29N5OS2/c29-21-4-3-20(24-2-1-7-35-24)11-22(21)30-27(34)26-6-5-25(36-26)23-15-33(32-31-23)16-28-12-17-8-18(13-28)10-19(9-17)14-28/h1-7,11,15,17-19H,8-10,12-14,16,29H2,(H,30,34). The quantitative estimate of drug-likeness (QED) is 0.277. The van der Waals surface area contributed by atoms with Crippen LogP contribution in [0.2, 0.25) is 0 Å². The molecule has 0 spiro atoms. The second kappa shape index (κ2) is 8.56. The summed E-state index contributed by atoms with van der Waals surface area (Å²) in [4.78, 5) is 15.8. The third-order valence-corrected chi connectivity index (χ3v) is 10.4. The van der Waals surface area contributed by atoms with Crippen LogP contribution in [0.3, 0.4) is 0 Å². The maximum atomic E-state index is 13.0. The normalized spacial score (nSPS) is 26.4. The highest BCUT2D eigenvalue weighted by Crippen LogP contribution is 2.60. The van der Waals surface area contributed by atoms with Crippen molar-refractivity contribution < 1.29 is 4.79 Å². The summed E-state index contributed by atoms with van der Waals surface area (Å²) < 4.78 is 2.05. The Bertz CT molecular complexity index is 1380. The molecule has 4 aliphatic rings. The predicted octanol–water partition coefficient (Wildman–Crippen LogP) is 6.79. The summed E-state index contributed by atoms with van der Waals surface area (Å²) in [5, 5.41) is 14.0. The van der Waals surface area contributed by atoms with Crippen LogP contribution < -0.4 is 11.1 Å². The number of anilines is 2. The minimum Gasteiger partial charge on any atom is -0.397 e. The van der Waals surface area contributed by atoms with E-state index in [-0.39, 0.29) is 5.91 Å². The average molecular weight is 516 g/mol. The van der Waals surface area contributed by atoms with Crippen molar-refractivity contribution in [2.75, 3.05) is 11.1 Å². The van der Waals surface area contributed by atoms with Crippen LogP contribution in [0, 0.1) is 23.2 Å². The van der Waals surface area contributed by atoms with Crippen molar-refractivity contribution in [2.45, 2.75) is 45.1 Å². The Balaban J connectivity index is 1.06. The van der Waals surface area contributed by atoms with Crippen molar-refractivity contribution in [2.24, 2.45) is 23.2 Å². The Kier molecular flexibility index (Phi) is 5.29. The number of nitrogen functional groups attached to an aromatic ring is 1. The van der Waals surface area contributed by atoms with Crippen LogP contribution in [0.1, 0.15) is 48.2 Å². The number of amides is 1. The second-order valence-electron chi connectivity index (χ2n) is 11.1. The van der Waals surface area contributed by atoms with Crippen LogP contribution in [0.15, 0.2) is 54.0 Å². The molecule has 3 N–H and O–H groups in total. The molecule has 0 atom stereocenters. The van der Waals surface area contributed by atoms with E-state index in [0.717, 1.165) is 45.3 Å². The number of aromatic nitrogens is 3. The first-order chi connectivity index (χ1) is 17.5. The van der Waals surface area contributed by atoms with Crippen molar-refractivity contribution in [1.29, 1.82) is 0 Å². The lowest BCUT2D eigenvalue weighted by Crippen LogP contribution is -2.48. The molecule has 1 aromatic carbocycles. The molecule has 4 aromatic rings. The number of nitrogens with zero attached hydrogens (tertiary/aromatic N) is 3. The van der Waals surface area contributed by atoms with Crippen molar-refractivity contribution in [3.63, 3.8) is 0 Å². The van der Waals surface area contributed by atoms with Crippen molar-refractivity contribution in [3.05, 3.63) is 58.9 Å². The van der Waals surface area contributed by atoms with E-state index >= 15 is 0 Å². The Labute approximate surface area is 218 Å². The van der Waals surface area contributed by atoms with E-state index in [1.807, 2.05) is 41.8 Å². The molecule has 0 radical (unpaired) electrons. The lowest BCUT2D eigenvalue weighted by molar-refractivity contribution is -0.0637. The minimum atomic E-state index is -0.165. The van der Waals surface area contributed by atoms with Gasteiger partial charge in [-0.2, -0.15) is 0 Å². The van der Waals surface area contributed by atoms with E-state index in [1.54, 1.807) is 11.3 Å². The summed E-state index contributed by atoms with van der Waals surface area (Å²) in [7, 11) is 0. The van der Waals surface area contributed by atoms with Crippen molar-refractivity contribution in [1.82, 2.24) is 15.0 Å². The maximum absolute atomic E-state index is 13.0. The molecule has 3 aromatic heterocycles. The molecular weight excluding hydrogens is 486 g/mol. The Morgan fingerprint density at radius 1 is 1.06 bits per heavy atom. The van der Waals surface area contributed by atoms with Gasteiger partial charge < -0.3 is 11.1 Å². The van der Waals surface area contributed by atoms with E-state index < -0.39 is 0 Å². The third kappa shape index (κ3) is 4.06. The number of hydrogen-bond acceptors (Lipinski definition) is 6. The van der Waals surface area contributed by atoms with Gasteiger partial charge in [-0.25, -0.2) is 0 Å². The molecule has 6 nitrogen and oxygen atoms in total. The second-order valence-corrected chi connectivity index (χ2v) is 13.1. The molecule has 8 rings (SSSR count). The van der Waals surface area contributed by atoms with Crippen LogP contribution in [0.4, 0.5) is 11.4 Å². The van der Waals surface area contributed by atoms with E-state index in [9.17, 15) is 4.79 Å². The number of thiophene rings is 2. The van der Waals surface area contributed by atoms with E-state index in [0.29, 0.717) is 21.7 Å². The topological polar surface area (TPSA) is 85.8 Å². The molecule has 0 unspecified atom stereocenters. The summed E-state index contributed by atoms with van der Waals surface area (Å²) in [5.74, 6) is 2.62. The van der Waals surface area contributed by atoms with Crippen LogP contribution in [0.25, 0.3) is 21.0 Å². The van der Waals surface area contributed by atoms with Gasteiger partial charge in [0.1, 0.15) is 5.69 Å². The molecule has 4 aliphatic carbocycles. The van der Waals surface area contributed by atoms with Crippen LogP contribution in [0.5, 0.6) is 0 Å². The zero-order chi connectivity index (χ0) is 24.3. The number of carbonyl (C=O) groups excluding carboxylic acids is 1. The fourth-order valence-electron chi connectivity index (χ4n) is 7.36. The fourth-order valence-corrected chi connectivity index (χ4v) is 8.93. The van der Waals surface area contributed by atoms with Gasteiger partial charge in [0.25, 0.3) is 5.91 Å². The summed E-state index contributed by atoms with van der Waals surface area (Å²) in [6.07, 6.45) is 10.5. The smallest absolute Gasteiger partial charge is 0.265 e. The number of carbonyl (C=O) groups is 1. The van der Waals surface area contributed by atoms with Gasteiger partial charge in [-0.3, -0.25) is 9.48 Å². The predicted molar refractivity (Wildman–Crippen MR) is 146 cm³/mol. The molecule has 8 heteroatoms. The summed E-state index contributed by atoms with van der Waals surface area (Å²) in [6.45, 7) is 0.974. The molecule has 184 valence electrons. The summed E-state index contributed by atoms with van der Waals surface area (Å²) in [6, 6.07) is 13.6. The van der Waals surface area contributed by atoms with Crippen molar-refractivity contribution >= 4 is 40.0 Å². The number of nitrogens with one attached hydrogen (secondary N) is 1. The number of nitrogens with two attached hydrogens (primary N) is 1. The highest BCUT2D eigenvalue weighted by Gasteiger charge is 2.51. The number of hydrogen-bond donors (Lipinski definition) is 2. The van der Waals surface area contributed by atoms with Gasteiger partial charge in [0.15, 0.2) is 0 Å². The van der Waals surface area contributed by atoms with E-state index in [2.05, 4.69) is 32.6 Å². The Hall–Kier alpha value is -2.97. The molecular formula is C28H29N5OS2. The first-order valence-corrected chi connectivity index (χ1v) is 14.5. The first kappa shape index (κ1) is 22.2. The van der Waals surface area contributed by atoms with Gasteiger partial charge in [0, 0.05) is 11.4 Å². The maximum Gasteiger partial charge on any atom is 0.265 e. The molecule has 4 fully saturated rings. The fraction of sp³-hybridized carbons (Fsp3) is 0.393. The number of rotatable bonds is 6. The lowest BCUT2D eigenvalue weighted by atomic mass is 9.49. The van der Waals surface area contributed by atoms with E-state index in [1.165, 1.54) is 49.9 Å². The summed E-state index contributed by atoms with van der Waals surface area (Å²) >= 11 is 3.10. The lowest BCUT2D eigenvalue weighted by Gasteiger charge is -2.56. The highest BCUT2D eigenvalue weighted by atomic mass is 32.1. The van der Waals surface area contributed by atoms with Gasteiger partial charge >= 0.3 is 0 Å². The summed E-state index contributed by atoms with van der Waals surface area (Å²) in [5.41, 5.74) is 9.63. The third-order valence-electron chi connectivity index (χ3n) is 8.39. The van der Waals surface area contributed by atoms with Gasteiger partial charge in [-0.05, 0) is 103 Å². The van der Waals surface area contributed by atoms with E-state index in [4.69, 9.17) is 5.73 Å². The van der Waals surface area contributed by atoms with Crippen LogP contribution in [-0.4, -0.2) is 20.9 Å². The highest BCUT2D eigenvalue weighted by molar-refractivity contribution is 7.17. The molecule has 4 bridgehead atoms. The van der Waals surface area contributed by atoms with Gasteiger partial charge in [0.2, 0.25) is 0 Å². The van der Waals surface area contributed by atoms with Crippen molar-refractivity contribution in [3.8, 4) is 21.0 Å². The zero-order valence-electron chi connectivity index (χ0n) is 20.0. The molecule has 4 saturated carbocycles. The van der Waals surface area contributed by atoms with Gasteiger partial charge in [-0.1, -0.05) is 17.3 Å². The SMILES string of the molecule is Nc1ccc(-c2cccs2)cc1NC(=O)c1ccc(-c2cn(CC34CC5CC(CC(C5)C3)C4)nn2)s1. The molecule has 1 amide bonds. The van der Waals surface area contributed by atoms with Gasteiger partial charge in [0.05, 0.1) is 27.3 Å². The molecule has 0 aliphatic heterocycles. The Morgan fingerprint density at radius 2 is 1.83 bits per heavy atom. The largest absolute Gasteiger partial charge is 0.397 e.